The quantitative estimate of drug-likeness (QED) is 0.688. The van der Waals surface area contributed by atoms with Crippen molar-refractivity contribution in [2.75, 3.05) is 26.0 Å². The minimum atomic E-state index is -3.66. The number of anilines is 1. The van der Waals surface area contributed by atoms with Crippen LogP contribution in [0.4, 0.5) is 5.69 Å². The van der Waals surface area contributed by atoms with E-state index in [1.54, 1.807) is 0 Å². The molecule has 0 bridgehead atoms. The van der Waals surface area contributed by atoms with Crippen LogP contribution < -0.4 is 5.32 Å². The minimum Gasteiger partial charge on any atom is -0.456 e. The fourth-order valence-corrected chi connectivity index (χ4v) is 2.88. The van der Waals surface area contributed by atoms with Gasteiger partial charge in [0.1, 0.15) is 0 Å². The SMILES string of the molecule is CC(C)CCC(=O)OCC(=O)Nc1cc(S(=O)(=O)N(C)C)ccc1Cl. The van der Waals surface area contributed by atoms with Crippen LogP contribution in [0.2, 0.25) is 5.02 Å². The Morgan fingerprint density at radius 3 is 2.48 bits per heavy atom. The van der Waals surface area contributed by atoms with Crippen LogP contribution in [0.15, 0.2) is 23.1 Å². The Hall–Kier alpha value is -1.64. The van der Waals surface area contributed by atoms with Crippen LogP contribution in [-0.4, -0.2) is 45.3 Å². The Labute approximate surface area is 153 Å². The van der Waals surface area contributed by atoms with Crippen molar-refractivity contribution in [1.29, 1.82) is 0 Å². The number of amides is 1. The summed E-state index contributed by atoms with van der Waals surface area (Å²) in [5.41, 5.74) is 0.132. The van der Waals surface area contributed by atoms with Gasteiger partial charge < -0.3 is 10.1 Å². The summed E-state index contributed by atoms with van der Waals surface area (Å²) >= 11 is 5.99. The van der Waals surface area contributed by atoms with Crippen LogP contribution in [-0.2, 0) is 24.3 Å². The zero-order valence-corrected chi connectivity index (χ0v) is 16.3. The van der Waals surface area contributed by atoms with E-state index in [0.29, 0.717) is 12.3 Å². The molecule has 0 aliphatic carbocycles. The Morgan fingerprint density at radius 1 is 1.28 bits per heavy atom. The molecule has 0 unspecified atom stereocenters. The highest BCUT2D eigenvalue weighted by molar-refractivity contribution is 7.89. The van der Waals surface area contributed by atoms with Gasteiger partial charge in [-0.3, -0.25) is 9.59 Å². The molecule has 0 saturated heterocycles. The summed E-state index contributed by atoms with van der Waals surface area (Å²) in [7, 11) is -0.852. The minimum absolute atomic E-state index is 0.00821. The first-order valence-corrected chi connectivity index (χ1v) is 9.53. The third-order valence-corrected chi connectivity index (χ3v) is 5.42. The Kier molecular flexibility index (Phi) is 7.85. The molecule has 0 aliphatic rings. The van der Waals surface area contributed by atoms with Gasteiger partial charge in [-0.05, 0) is 30.5 Å². The Balaban J connectivity index is 2.73. The van der Waals surface area contributed by atoms with Gasteiger partial charge in [0.15, 0.2) is 6.61 Å². The van der Waals surface area contributed by atoms with Crippen molar-refractivity contribution >= 4 is 39.2 Å². The highest BCUT2D eigenvalue weighted by atomic mass is 35.5. The smallest absolute Gasteiger partial charge is 0.306 e. The number of rotatable bonds is 8. The molecule has 0 aliphatic heterocycles. The largest absolute Gasteiger partial charge is 0.456 e. The maximum Gasteiger partial charge on any atom is 0.306 e. The summed E-state index contributed by atoms with van der Waals surface area (Å²) in [5, 5.41) is 2.63. The molecule has 0 atom stereocenters. The lowest BCUT2D eigenvalue weighted by atomic mass is 10.1. The third kappa shape index (κ3) is 6.64. The summed E-state index contributed by atoms with van der Waals surface area (Å²) in [5.74, 6) is -0.695. The zero-order valence-electron chi connectivity index (χ0n) is 14.7. The number of carbonyl (C=O) groups is 2. The lowest BCUT2D eigenvalue weighted by molar-refractivity contribution is -0.147. The predicted octanol–water partition coefficient (Wildman–Crippen LogP) is 2.51. The van der Waals surface area contributed by atoms with Gasteiger partial charge in [-0.1, -0.05) is 25.4 Å². The fourth-order valence-electron chi connectivity index (χ4n) is 1.78. The van der Waals surface area contributed by atoms with Crippen molar-refractivity contribution in [2.45, 2.75) is 31.6 Å². The number of nitrogens with zero attached hydrogens (tertiary/aromatic N) is 1. The van der Waals surface area contributed by atoms with Crippen LogP contribution in [0.3, 0.4) is 0 Å². The van der Waals surface area contributed by atoms with Crippen molar-refractivity contribution in [3.05, 3.63) is 23.2 Å². The lowest BCUT2D eigenvalue weighted by Gasteiger charge is -2.14. The van der Waals surface area contributed by atoms with E-state index in [2.05, 4.69) is 5.32 Å². The second-order valence-corrected chi connectivity index (χ2v) is 8.63. The number of nitrogens with one attached hydrogen (secondary N) is 1. The van der Waals surface area contributed by atoms with Crippen LogP contribution in [0.1, 0.15) is 26.7 Å². The molecule has 1 amide bonds. The van der Waals surface area contributed by atoms with Crippen molar-refractivity contribution in [3.8, 4) is 0 Å². The number of benzene rings is 1. The van der Waals surface area contributed by atoms with Gasteiger partial charge in [-0.2, -0.15) is 0 Å². The first-order chi connectivity index (χ1) is 11.5. The summed E-state index contributed by atoms with van der Waals surface area (Å²) in [6.45, 7) is 3.51. The second kappa shape index (κ2) is 9.17. The average molecular weight is 391 g/mol. The van der Waals surface area contributed by atoms with E-state index in [1.165, 1.54) is 32.3 Å². The summed E-state index contributed by atoms with van der Waals surface area (Å²) in [6.07, 6.45) is 0.916. The van der Waals surface area contributed by atoms with Crippen LogP contribution in [0.5, 0.6) is 0 Å². The zero-order chi connectivity index (χ0) is 19.2. The molecule has 25 heavy (non-hydrogen) atoms. The van der Waals surface area contributed by atoms with Crippen molar-refractivity contribution < 1.29 is 22.7 Å². The lowest BCUT2D eigenvalue weighted by Crippen LogP contribution is -2.23. The van der Waals surface area contributed by atoms with E-state index < -0.39 is 28.5 Å². The maximum atomic E-state index is 12.1. The molecule has 1 rings (SSSR count). The van der Waals surface area contributed by atoms with Crippen LogP contribution in [0.25, 0.3) is 0 Å². The van der Waals surface area contributed by atoms with E-state index in [0.717, 1.165) is 4.31 Å². The summed E-state index contributed by atoms with van der Waals surface area (Å²) in [6, 6.07) is 3.98. The molecule has 0 spiro atoms. The van der Waals surface area contributed by atoms with Crippen molar-refractivity contribution in [3.63, 3.8) is 0 Å². The molecule has 0 saturated carbocycles. The topological polar surface area (TPSA) is 92.8 Å². The molecule has 1 N–H and O–H groups in total. The fraction of sp³-hybridized carbons (Fsp3) is 0.500. The molecular weight excluding hydrogens is 368 g/mol. The average Bonchev–Trinajstić information content (AvgIpc) is 2.52. The van der Waals surface area contributed by atoms with E-state index in [4.69, 9.17) is 16.3 Å². The number of ether oxygens (including phenoxy) is 1. The van der Waals surface area contributed by atoms with Crippen LogP contribution >= 0.6 is 11.6 Å². The van der Waals surface area contributed by atoms with E-state index in [-0.39, 0.29) is 22.0 Å². The Morgan fingerprint density at radius 2 is 1.92 bits per heavy atom. The highest BCUT2D eigenvalue weighted by Gasteiger charge is 2.19. The molecular formula is C16H23ClN2O5S. The first-order valence-electron chi connectivity index (χ1n) is 7.71. The maximum absolute atomic E-state index is 12.1. The number of hydrogen-bond donors (Lipinski definition) is 1. The summed E-state index contributed by atoms with van der Waals surface area (Å²) in [4.78, 5) is 23.4. The molecule has 140 valence electrons. The molecule has 1 aromatic rings. The normalized spacial score (nSPS) is 11.6. The number of esters is 1. The van der Waals surface area contributed by atoms with E-state index in [9.17, 15) is 18.0 Å². The number of halogens is 1. The molecule has 0 heterocycles. The molecule has 9 heteroatoms. The van der Waals surface area contributed by atoms with Crippen LogP contribution in [0, 0.1) is 5.92 Å². The van der Waals surface area contributed by atoms with E-state index in [1.807, 2.05) is 13.8 Å². The van der Waals surface area contributed by atoms with Gasteiger partial charge in [0.25, 0.3) is 5.91 Å². The van der Waals surface area contributed by atoms with Gasteiger partial charge in [0.05, 0.1) is 15.6 Å². The molecule has 0 aromatic heterocycles. The van der Waals surface area contributed by atoms with E-state index >= 15 is 0 Å². The number of carbonyl (C=O) groups excluding carboxylic acids is 2. The van der Waals surface area contributed by atoms with Gasteiger partial charge in [0, 0.05) is 20.5 Å². The first kappa shape index (κ1) is 21.4. The van der Waals surface area contributed by atoms with Crippen molar-refractivity contribution in [1.82, 2.24) is 4.31 Å². The van der Waals surface area contributed by atoms with Crippen molar-refractivity contribution in [2.24, 2.45) is 5.92 Å². The molecule has 0 radical (unpaired) electrons. The monoisotopic (exact) mass is 390 g/mol. The highest BCUT2D eigenvalue weighted by Crippen LogP contribution is 2.26. The van der Waals surface area contributed by atoms with Gasteiger partial charge >= 0.3 is 5.97 Å². The number of sulfonamides is 1. The predicted molar refractivity (Wildman–Crippen MR) is 96.0 cm³/mol. The third-order valence-electron chi connectivity index (χ3n) is 3.28. The second-order valence-electron chi connectivity index (χ2n) is 6.07. The number of hydrogen-bond acceptors (Lipinski definition) is 5. The molecule has 0 fully saturated rings. The van der Waals surface area contributed by atoms with Gasteiger partial charge in [-0.15, -0.1) is 0 Å². The molecule has 7 nitrogen and oxygen atoms in total. The van der Waals surface area contributed by atoms with Gasteiger partial charge in [0.2, 0.25) is 10.0 Å². The van der Waals surface area contributed by atoms with Gasteiger partial charge in [-0.25, -0.2) is 12.7 Å². The standard InChI is InChI=1S/C16H23ClN2O5S/c1-11(2)5-8-16(21)24-10-15(20)18-14-9-12(6-7-13(14)17)25(22,23)19(3)4/h6-7,9,11H,5,8,10H2,1-4H3,(H,18,20). The Bertz CT molecular complexity index is 732. The molecule has 1 aromatic carbocycles. The summed E-state index contributed by atoms with van der Waals surface area (Å²) < 4.78 is 30.2.